The van der Waals surface area contributed by atoms with E-state index in [1.165, 1.54) is 19.3 Å². The molecule has 1 aliphatic rings. The number of hydrogen-bond donors (Lipinski definition) is 1. The van der Waals surface area contributed by atoms with Gasteiger partial charge in [0, 0.05) is 11.8 Å². The smallest absolute Gasteiger partial charge is 0.190 e. The van der Waals surface area contributed by atoms with Crippen LogP contribution in [0.2, 0.25) is 0 Å². The molecule has 2 N–H and O–H groups in total. The largest absolute Gasteiger partial charge is 0.384 e. The highest BCUT2D eigenvalue weighted by Gasteiger charge is 2.24. The Morgan fingerprint density at radius 1 is 1.27 bits per heavy atom. The van der Waals surface area contributed by atoms with Crippen molar-refractivity contribution in [2.45, 2.75) is 62.4 Å². The van der Waals surface area contributed by atoms with Gasteiger partial charge in [0.05, 0.1) is 11.3 Å². The molecule has 1 saturated carbocycles. The second-order valence-corrected chi connectivity index (χ2v) is 7.06. The monoisotopic (exact) mass is 319 g/mol. The summed E-state index contributed by atoms with van der Waals surface area (Å²) in [6.45, 7) is 4.00. The second-order valence-electron chi connectivity index (χ2n) is 5.75. The molecule has 22 heavy (non-hydrogen) atoms. The van der Waals surface area contributed by atoms with Gasteiger partial charge in [-0.1, -0.05) is 31.0 Å². The van der Waals surface area contributed by atoms with E-state index in [0.29, 0.717) is 17.0 Å². The molecule has 3 rings (SSSR count). The minimum Gasteiger partial charge on any atom is -0.384 e. The Bertz CT molecular complexity index is 616. The summed E-state index contributed by atoms with van der Waals surface area (Å²) in [5.41, 5.74) is 6.66. The number of hydrogen-bond acceptors (Lipinski definition) is 7. The van der Waals surface area contributed by atoms with Gasteiger partial charge in [0.15, 0.2) is 11.0 Å². The molecule has 2 aromatic rings. The standard InChI is InChI=1S/C14H21N7S/c1-9-8-12(15)17-14(16-9)22-10(2)13-18-19-20-21(13)11-6-4-3-5-7-11/h8,10-11H,3-7H2,1-2H3,(H2,15,16,17)/t10-/m1/s1. The lowest BCUT2D eigenvalue weighted by Gasteiger charge is -2.23. The second kappa shape index (κ2) is 6.60. The van der Waals surface area contributed by atoms with E-state index in [1.54, 1.807) is 17.8 Å². The highest BCUT2D eigenvalue weighted by molar-refractivity contribution is 7.99. The topological polar surface area (TPSA) is 95.4 Å². The summed E-state index contributed by atoms with van der Waals surface area (Å²) in [4.78, 5) is 8.70. The molecule has 7 nitrogen and oxygen atoms in total. The van der Waals surface area contributed by atoms with Gasteiger partial charge in [-0.2, -0.15) is 0 Å². The molecule has 0 unspecified atom stereocenters. The van der Waals surface area contributed by atoms with Crippen LogP contribution < -0.4 is 5.73 Å². The van der Waals surface area contributed by atoms with Crippen molar-refractivity contribution in [2.24, 2.45) is 0 Å². The molecule has 0 aliphatic heterocycles. The molecule has 0 saturated heterocycles. The summed E-state index contributed by atoms with van der Waals surface area (Å²) in [6, 6.07) is 2.19. The number of nitrogens with two attached hydrogens (primary N) is 1. The maximum atomic E-state index is 5.79. The van der Waals surface area contributed by atoms with E-state index in [1.807, 2.05) is 11.6 Å². The van der Waals surface area contributed by atoms with E-state index in [9.17, 15) is 0 Å². The van der Waals surface area contributed by atoms with Crippen LogP contribution in [0.5, 0.6) is 0 Å². The van der Waals surface area contributed by atoms with Crippen LogP contribution >= 0.6 is 11.8 Å². The Hall–Kier alpha value is -1.70. The van der Waals surface area contributed by atoms with E-state index >= 15 is 0 Å². The van der Waals surface area contributed by atoms with Crippen LogP contribution in [0.3, 0.4) is 0 Å². The maximum absolute atomic E-state index is 5.79. The zero-order valence-electron chi connectivity index (χ0n) is 12.9. The van der Waals surface area contributed by atoms with Crippen LogP contribution in [0.1, 0.15) is 61.8 Å². The summed E-state index contributed by atoms with van der Waals surface area (Å²) in [5, 5.41) is 13.1. The van der Waals surface area contributed by atoms with Crippen LogP contribution in [-0.2, 0) is 0 Å². The molecule has 1 fully saturated rings. The quantitative estimate of drug-likeness (QED) is 0.683. The molecule has 0 aromatic carbocycles. The van der Waals surface area contributed by atoms with E-state index in [0.717, 1.165) is 24.4 Å². The number of anilines is 1. The highest BCUT2D eigenvalue weighted by Crippen LogP contribution is 2.35. The fraction of sp³-hybridized carbons (Fsp3) is 0.643. The molecule has 2 heterocycles. The predicted octanol–water partition coefficient (Wildman–Crippen LogP) is 2.71. The fourth-order valence-corrected chi connectivity index (χ4v) is 3.81. The fourth-order valence-electron chi connectivity index (χ4n) is 2.88. The first-order chi connectivity index (χ1) is 10.6. The van der Waals surface area contributed by atoms with Crippen molar-refractivity contribution in [3.8, 4) is 0 Å². The van der Waals surface area contributed by atoms with Gasteiger partial charge in [-0.15, -0.1) is 5.10 Å². The molecule has 1 atom stereocenters. The number of nitrogen functional groups attached to an aromatic ring is 1. The number of thioether (sulfide) groups is 1. The first-order valence-corrected chi connectivity index (χ1v) is 8.57. The van der Waals surface area contributed by atoms with Gasteiger partial charge in [-0.05, 0) is 37.1 Å². The van der Waals surface area contributed by atoms with Crippen LogP contribution in [0.15, 0.2) is 11.2 Å². The number of aryl methyl sites for hydroxylation is 1. The normalized spacial score (nSPS) is 17.5. The zero-order valence-corrected chi connectivity index (χ0v) is 13.8. The van der Waals surface area contributed by atoms with E-state index in [-0.39, 0.29) is 5.25 Å². The Morgan fingerprint density at radius 2 is 2.05 bits per heavy atom. The Morgan fingerprint density at radius 3 is 2.77 bits per heavy atom. The van der Waals surface area contributed by atoms with Crippen LogP contribution in [0, 0.1) is 6.92 Å². The molecule has 118 valence electrons. The number of aromatic nitrogens is 6. The van der Waals surface area contributed by atoms with Gasteiger partial charge in [0.25, 0.3) is 0 Å². The molecular formula is C14H21N7S. The van der Waals surface area contributed by atoms with Gasteiger partial charge in [-0.3, -0.25) is 0 Å². The van der Waals surface area contributed by atoms with Crippen LogP contribution in [-0.4, -0.2) is 30.2 Å². The maximum Gasteiger partial charge on any atom is 0.190 e. The summed E-state index contributed by atoms with van der Waals surface area (Å²) in [6.07, 6.45) is 6.13. The molecule has 0 amide bonds. The van der Waals surface area contributed by atoms with Crippen LogP contribution in [0.4, 0.5) is 5.82 Å². The molecule has 0 spiro atoms. The Balaban J connectivity index is 1.77. The van der Waals surface area contributed by atoms with Crippen molar-refractivity contribution in [1.82, 2.24) is 30.2 Å². The molecule has 1 aliphatic carbocycles. The van der Waals surface area contributed by atoms with Gasteiger partial charge >= 0.3 is 0 Å². The van der Waals surface area contributed by atoms with E-state index < -0.39 is 0 Å². The SMILES string of the molecule is Cc1cc(N)nc(S[C@H](C)c2nnnn2C2CCCCC2)n1. The van der Waals surface area contributed by atoms with Crippen molar-refractivity contribution in [2.75, 3.05) is 5.73 Å². The average molecular weight is 319 g/mol. The van der Waals surface area contributed by atoms with Crippen molar-refractivity contribution in [3.05, 3.63) is 17.6 Å². The minimum absolute atomic E-state index is 0.0816. The third-order valence-electron chi connectivity index (χ3n) is 3.94. The summed E-state index contributed by atoms with van der Waals surface area (Å²) < 4.78 is 2.00. The molecular weight excluding hydrogens is 298 g/mol. The predicted molar refractivity (Wildman–Crippen MR) is 85.4 cm³/mol. The zero-order chi connectivity index (χ0) is 15.5. The first-order valence-electron chi connectivity index (χ1n) is 7.69. The van der Waals surface area contributed by atoms with E-state index in [4.69, 9.17) is 5.73 Å². The minimum atomic E-state index is 0.0816. The summed E-state index contributed by atoms with van der Waals surface area (Å²) in [5.74, 6) is 1.38. The Kier molecular flexibility index (Phi) is 4.56. The first kappa shape index (κ1) is 15.2. The number of rotatable bonds is 4. The lowest BCUT2D eigenvalue weighted by atomic mass is 9.95. The number of tetrazole rings is 1. The Labute approximate surface area is 134 Å². The third-order valence-corrected chi connectivity index (χ3v) is 4.90. The molecule has 2 aromatic heterocycles. The van der Waals surface area contributed by atoms with Gasteiger partial charge < -0.3 is 5.73 Å². The molecule has 0 radical (unpaired) electrons. The molecule has 8 heteroatoms. The molecule has 0 bridgehead atoms. The lowest BCUT2D eigenvalue weighted by molar-refractivity contribution is 0.317. The highest BCUT2D eigenvalue weighted by atomic mass is 32.2. The van der Waals surface area contributed by atoms with Crippen molar-refractivity contribution < 1.29 is 0 Å². The van der Waals surface area contributed by atoms with Gasteiger partial charge in [-0.25, -0.2) is 14.6 Å². The van der Waals surface area contributed by atoms with Gasteiger partial charge in [0.2, 0.25) is 0 Å². The summed E-state index contributed by atoms with van der Waals surface area (Å²) in [7, 11) is 0. The van der Waals surface area contributed by atoms with Crippen molar-refractivity contribution in [1.29, 1.82) is 0 Å². The third kappa shape index (κ3) is 3.37. The summed E-state index contributed by atoms with van der Waals surface area (Å²) >= 11 is 1.54. The van der Waals surface area contributed by atoms with Gasteiger partial charge in [0.1, 0.15) is 5.82 Å². The van der Waals surface area contributed by atoms with Crippen molar-refractivity contribution in [3.63, 3.8) is 0 Å². The van der Waals surface area contributed by atoms with E-state index in [2.05, 4.69) is 32.4 Å². The lowest BCUT2D eigenvalue weighted by Crippen LogP contribution is -2.17. The number of nitrogens with zero attached hydrogens (tertiary/aromatic N) is 6. The van der Waals surface area contributed by atoms with Crippen molar-refractivity contribution >= 4 is 17.6 Å². The average Bonchev–Trinajstić information content (AvgIpc) is 2.96. The van der Waals surface area contributed by atoms with Crippen LogP contribution in [0.25, 0.3) is 0 Å².